The van der Waals surface area contributed by atoms with Crippen LogP contribution in [-0.2, 0) is 4.74 Å². The summed E-state index contributed by atoms with van der Waals surface area (Å²) in [7, 11) is 1.77. The van der Waals surface area contributed by atoms with Gasteiger partial charge in [-0.2, -0.15) is 0 Å². The number of hydrogen-bond donors (Lipinski definition) is 1. The minimum absolute atomic E-state index is 0.146. The lowest BCUT2D eigenvalue weighted by molar-refractivity contribution is -0.0892. The number of methoxy groups -OCH3 is 1. The summed E-state index contributed by atoms with van der Waals surface area (Å²) in [6.07, 6.45) is 2.45. The molecule has 0 heterocycles. The van der Waals surface area contributed by atoms with Crippen LogP contribution in [0, 0.1) is 10.7 Å². The van der Waals surface area contributed by atoms with Gasteiger partial charge >= 0.3 is 0 Å². The molecule has 20 heavy (non-hydrogen) atoms. The highest BCUT2D eigenvalue weighted by molar-refractivity contribution is 14.1. The van der Waals surface area contributed by atoms with Crippen LogP contribution in [-0.4, -0.2) is 31.9 Å². The Balaban J connectivity index is 2.01. The largest absolute Gasteiger partial charge is 0.485 e. The molecule has 0 bridgehead atoms. The van der Waals surface area contributed by atoms with E-state index in [1.165, 1.54) is 10.7 Å². The Morgan fingerprint density at radius 3 is 2.45 bits per heavy atom. The molecule has 0 spiro atoms. The predicted molar refractivity (Wildman–Crippen MR) is 107 cm³/mol. The van der Waals surface area contributed by atoms with Gasteiger partial charge in [-0.25, -0.2) is 0 Å². The van der Waals surface area contributed by atoms with Crippen LogP contribution in [0.2, 0.25) is 0 Å². The highest BCUT2D eigenvalue weighted by Crippen LogP contribution is 2.35. The fourth-order valence-electron chi connectivity index (χ4n) is 2.34. The van der Waals surface area contributed by atoms with E-state index in [0.717, 1.165) is 25.1 Å². The molecule has 6 heteroatoms. The molecule has 3 atom stereocenters. The van der Waals surface area contributed by atoms with E-state index in [4.69, 9.17) is 9.47 Å². The van der Waals surface area contributed by atoms with Gasteiger partial charge in [0.15, 0.2) is 0 Å². The fourth-order valence-corrected chi connectivity index (χ4v) is 6.17. The third kappa shape index (κ3) is 4.11. The van der Waals surface area contributed by atoms with E-state index in [0.29, 0.717) is 6.04 Å². The van der Waals surface area contributed by atoms with Crippen molar-refractivity contribution in [2.24, 2.45) is 0 Å². The Morgan fingerprint density at radius 1 is 1.25 bits per heavy atom. The second-order valence-electron chi connectivity index (χ2n) is 4.85. The molecule has 0 aliphatic heterocycles. The Morgan fingerprint density at radius 2 is 1.90 bits per heavy atom. The second kappa shape index (κ2) is 8.11. The maximum Gasteiger partial charge on any atom is 0.146 e. The van der Waals surface area contributed by atoms with Crippen LogP contribution in [0.4, 0.5) is 0 Å². The zero-order chi connectivity index (χ0) is 14.7. The highest BCUT2D eigenvalue weighted by atomic mass is 127. The molecule has 1 aliphatic rings. The van der Waals surface area contributed by atoms with E-state index in [1.807, 2.05) is 0 Å². The number of hydrogen-bond acceptors (Lipinski definition) is 3. The van der Waals surface area contributed by atoms with E-state index in [-0.39, 0.29) is 12.2 Å². The average molecular weight is 613 g/mol. The first-order valence-corrected chi connectivity index (χ1v) is 9.87. The maximum absolute atomic E-state index is 6.20. The Labute approximate surface area is 161 Å². The molecular formula is C14H18I3NO2. The predicted octanol–water partition coefficient (Wildman–Crippen LogP) is 4.03. The van der Waals surface area contributed by atoms with Gasteiger partial charge < -0.3 is 14.8 Å². The van der Waals surface area contributed by atoms with Crippen LogP contribution >= 0.6 is 67.8 Å². The van der Waals surface area contributed by atoms with Crippen molar-refractivity contribution in [3.8, 4) is 5.75 Å². The quantitative estimate of drug-likeness (QED) is 0.493. The van der Waals surface area contributed by atoms with Gasteiger partial charge in [-0.05, 0) is 92.9 Å². The monoisotopic (exact) mass is 613 g/mol. The van der Waals surface area contributed by atoms with Crippen molar-refractivity contribution in [3.63, 3.8) is 0 Å². The summed E-state index contributed by atoms with van der Waals surface area (Å²) in [5, 5.41) is 3.51. The molecule has 1 aromatic carbocycles. The average Bonchev–Trinajstić information content (AvgIpc) is 2.35. The summed E-state index contributed by atoms with van der Waals surface area (Å²) in [5.41, 5.74) is 0. The van der Waals surface area contributed by atoms with E-state index in [9.17, 15) is 0 Å². The molecule has 1 aliphatic carbocycles. The fraction of sp³-hybridized carbons (Fsp3) is 0.571. The van der Waals surface area contributed by atoms with Crippen molar-refractivity contribution in [1.29, 1.82) is 0 Å². The second-order valence-corrected chi connectivity index (χ2v) is 8.42. The molecule has 112 valence electrons. The van der Waals surface area contributed by atoms with Crippen LogP contribution in [0.15, 0.2) is 12.1 Å². The van der Waals surface area contributed by atoms with Gasteiger partial charge in [0.05, 0.1) is 7.14 Å². The van der Waals surface area contributed by atoms with E-state index in [1.54, 1.807) is 7.11 Å². The molecule has 3 nitrogen and oxygen atoms in total. The first-order valence-electron chi connectivity index (χ1n) is 6.64. The lowest BCUT2D eigenvalue weighted by Gasteiger charge is -2.43. The van der Waals surface area contributed by atoms with Crippen molar-refractivity contribution in [2.75, 3.05) is 13.7 Å². The summed E-state index contributed by atoms with van der Waals surface area (Å²) in [4.78, 5) is 0. The Bertz CT molecular complexity index is 447. The zero-order valence-electron chi connectivity index (χ0n) is 11.5. The van der Waals surface area contributed by atoms with Crippen molar-refractivity contribution in [3.05, 3.63) is 22.8 Å². The number of nitrogens with one attached hydrogen (secondary N) is 1. The van der Waals surface area contributed by atoms with Crippen molar-refractivity contribution < 1.29 is 9.47 Å². The van der Waals surface area contributed by atoms with Crippen LogP contribution in [0.3, 0.4) is 0 Å². The zero-order valence-corrected chi connectivity index (χ0v) is 17.9. The number of ether oxygens (including phenoxy) is 2. The van der Waals surface area contributed by atoms with E-state index >= 15 is 0 Å². The molecule has 1 aromatic rings. The normalized spacial score (nSPS) is 25.4. The molecule has 0 amide bonds. The van der Waals surface area contributed by atoms with E-state index < -0.39 is 0 Å². The Kier molecular flexibility index (Phi) is 7.09. The van der Waals surface area contributed by atoms with Gasteiger partial charge in [0, 0.05) is 23.1 Å². The third-order valence-electron chi connectivity index (χ3n) is 3.41. The first kappa shape index (κ1) is 17.5. The SMILES string of the molecule is CCCNC1CC(Oc2c(I)cc(I)cc2I)C1OC. The van der Waals surface area contributed by atoms with Crippen LogP contribution < -0.4 is 10.1 Å². The topological polar surface area (TPSA) is 30.5 Å². The lowest BCUT2D eigenvalue weighted by Crippen LogP contribution is -2.61. The molecule has 0 saturated heterocycles. The summed E-state index contributed by atoms with van der Waals surface area (Å²) in [6, 6.07) is 4.71. The van der Waals surface area contributed by atoms with Gasteiger partial charge in [0.25, 0.3) is 0 Å². The van der Waals surface area contributed by atoms with Crippen molar-refractivity contribution in [1.82, 2.24) is 5.32 Å². The molecule has 0 aromatic heterocycles. The summed E-state index contributed by atoms with van der Waals surface area (Å²) < 4.78 is 15.4. The van der Waals surface area contributed by atoms with Gasteiger partial charge in [0.2, 0.25) is 0 Å². The van der Waals surface area contributed by atoms with Crippen LogP contribution in [0.25, 0.3) is 0 Å². The standard InChI is InChI=1S/C14H18I3NO2/c1-3-4-18-11-7-12(14(11)19-2)20-13-9(16)5-8(15)6-10(13)17/h5-6,11-12,14,18H,3-4,7H2,1-2H3. The molecule has 1 saturated carbocycles. The van der Waals surface area contributed by atoms with Gasteiger partial charge in [0.1, 0.15) is 18.0 Å². The van der Waals surface area contributed by atoms with Gasteiger partial charge in [-0.3, -0.25) is 0 Å². The molecule has 0 radical (unpaired) electrons. The first-order chi connectivity index (χ1) is 9.56. The van der Waals surface area contributed by atoms with Crippen molar-refractivity contribution in [2.45, 2.75) is 38.0 Å². The Hall–Kier alpha value is 1.13. The molecule has 1 N–H and O–H groups in total. The smallest absolute Gasteiger partial charge is 0.146 e. The molecular weight excluding hydrogens is 595 g/mol. The minimum Gasteiger partial charge on any atom is -0.485 e. The number of benzene rings is 1. The third-order valence-corrected chi connectivity index (χ3v) is 5.64. The van der Waals surface area contributed by atoms with Gasteiger partial charge in [-0.15, -0.1) is 0 Å². The van der Waals surface area contributed by atoms with Gasteiger partial charge in [-0.1, -0.05) is 6.92 Å². The molecule has 3 unspecified atom stereocenters. The molecule has 2 rings (SSSR count). The van der Waals surface area contributed by atoms with Crippen molar-refractivity contribution >= 4 is 67.8 Å². The summed E-state index contributed by atoms with van der Waals surface area (Å²) >= 11 is 7.02. The number of halogens is 3. The summed E-state index contributed by atoms with van der Waals surface area (Å²) in [5.74, 6) is 0.993. The van der Waals surface area contributed by atoms with E-state index in [2.05, 4.69) is 92.1 Å². The number of rotatable bonds is 6. The van der Waals surface area contributed by atoms with Crippen LogP contribution in [0.1, 0.15) is 19.8 Å². The summed E-state index contributed by atoms with van der Waals surface area (Å²) in [6.45, 7) is 3.22. The van der Waals surface area contributed by atoms with Crippen LogP contribution in [0.5, 0.6) is 5.75 Å². The molecule has 1 fully saturated rings. The minimum atomic E-state index is 0.146. The lowest BCUT2D eigenvalue weighted by atomic mass is 9.85. The maximum atomic E-state index is 6.20. The highest BCUT2D eigenvalue weighted by Gasteiger charge is 2.43.